The number of hydrogen-bond donors (Lipinski definition) is 1. The third-order valence-corrected chi connectivity index (χ3v) is 2.52. The van der Waals surface area contributed by atoms with Gasteiger partial charge in [-0.2, -0.15) is 0 Å². The molecular weight excluding hydrogens is 241 g/mol. The first kappa shape index (κ1) is 11.9. The van der Waals surface area contributed by atoms with Crippen LogP contribution in [0.3, 0.4) is 0 Å². The van der Waals surface area contributed by atoms with E-state index in [9.17, 15) is 4.39 Å². The number of benzene rings is 2. The third-order valence-electron chi connectivity index (χ3n) is 2.28. The highest BCUT2D eigenvalue weighted by Gasteiger charge is 2.04. The minimum atomic E-state index is -0.299. The van der Waals surface area contributed by atoms with Gasteiger partial charge >= 0.3 is 0 Å². The van der Waals surface area contributed by atoms with Crippen LogP contribution in [0.1, 0.15) is 5.56 Å². The normalized spacial score (nSPS) is 10.3. The van der Waals surface area contributed by atoms with E-state index in [-0.39, 0.29) is 5.82 Å². The smallest absolute Gasteiger partial charge is 0.132 e. The standard InChI is InChI=1S/C13H11ClFNO/c14-10-1-6-13(9(7-10)8-16)17-12-4-2-11(15)3-5-12/h1-7H,8,16H2. The number of rotatable bonds is 3. The summed E-state index contributed by atoms with van der Waals surface area (Å²) in [5.74, 6) is 0.888. The summed E-state index contributed by atoms with van der Waals surface area (Å²) >= 11 is 5.86. The molecule has 0 atom stereocenters. The first-order valence-corrected chi connectivity index (χ1v) is 5.49. The van der Waals surface area contributed by atoms with E-state index in [1.807, 2.05) is 0 Å². The van der Waals surface area contributed by atoms with E-state index >= 15 is 0 Å². The summed E-state index contributed by atoms with van der Waals surface area (Å²) in [5, 5.41) is 0.608. The highest BCUT2D eigenvalue weighted by Crippen LogP contribution is 2.27. The molecule has 0 radical (unpaired) electrons. The van der Waals surface area contributed by atoms with Crippen molar-refractivity contribution < 1.29 is 9.13 Å². The Balaban J connectivity index is 2.26. The molecule has 2 nitrogen and oxygen atoms in total. The maximum atomic E-state index is 12.7. The molecule has 0 bridgehead atoms. The van der Waals surface area contributed by atoms with Gasteiger partial charge in [-0.3, -0.25) is 0 Å². The Hall–Kier alpha value is -1.58. The maximum Gasteiger partial charge on any atom is 0.132 e. The van der Waals surface area contributed by atoms with E-state index in [4.69, 9.17) is 22.1 Å². The summed E-state index contributed by atoms with van der Waals surface area (Å²) in [7, 11) is 0. The van der Waals surface area contributed by atoms with Crippen molar-refractivity contribution in [3.05, 3.63) is 58.9 Å². The molecule has 4 heteroatoms. The van der Waals surface area contributed by atoms with E-state index in [1.165, 1.54) is 12.1 Å². The molecule has 2 aromatic carbocycles. The molecular formula is C13H11ClFNO. The fourth-order valence-corrected chi connectivity index (χ4v) is 1.63. The largest absolute Gasteiger partial charge is 0.457 e. The van der Waals surface area contributed by atoms with Crippen molar-refractivity contribution >= 4 is 11.6 Å². The van der Waals surface area contributed by atoms with Crippen LogP contribution in [0.5, 0.6) is 11.5 Å². The molecule has 0 aliphatic heterocycles. The topological polar surface area (TPSA) is 35.2 Å². The molecule has 0 spiro atoms. The van der Waals surface area contributed by atoms with Crippen molar-refractivity contribution in [3.8, 4) is 11.5 Å². The Morgan fingerprint density at radius 3 is 2.47 bits per heavy atom. The summed E-state index contributed by atoms with van der Waals surface area (Å²) in [6, 6.07) is 11.0. The third kappa shape index (κ3) is 2.96. The fourth-order valence-electron chi connectivity index (χ4n) is 1.44. The van der Waals surface area contributed by atoms with E-state index in [2.05, 4.69) is 0 Å². The van der Waals surface area contributed by atoms with Gasteiger partial charge in [-0.25, -0.2) is 4.39 Å². The highest BCUT2D eigenvalue weighted by atomic mass is 35.5. The fraction of sp³-hybridized carbons (Fsp3) is 0.0769. The lowest BCUT2D eigenvalue weighted by Gasteiger charge is -2.10. The molecule has 0 saturated carbocycles. The summed E-state index contributed by atoms with van der Waals surface area (Å²) in [4.78, 5) is 0. The van der Waals surface area contributed by atoms with Gasteiger partial charge in [-0.1, -0.05) is 11.6 Å². The van der Waals surface area contributed by atoms with Crippen LogP contribution in [0, 0.1) is 5.82 Å². The molecule has 2 aromatic rings. The Bertz CT molecular complexity index is 513. The van der Waals surface area contributed by atoms with Crippen LogP contribution >= 0.6 is 11.6 Å². The van der Waals surface area contributed by atoms with Gasteiger partial charge in [0, 0.05) is 17.1 Å². The summed E-state index contributed by atoms with van der Waals surface area (Å²) in [6.45, 7) is 0.330. The predicted molar refractivity (Wildman–Crippen MR) is 65.8 cm³/mol. The van der Waals surface area contributed by atoms with Crippen molar-refractivity contribution in [1.29, 1.82) is 0 Å². The number of hydrogen-bond acceptors (Lipinski definition) is 2. The molecule has 0 unspecified atom stereocenters. The average molecular weight is 252 g/mol. The van der Waals surface area contributed by atoms with Gasteiger partial charge in [0.2, 0.25) is 0 Å². The average Bonchev–Trinajstić information content (AvgIpc) is 2.34. The van der Waals surface area contributed by atoms with Gasteiger partial charge in [0.05, 0.1) is 0 Å². The van der Waals surface area contributed by atoms with Crippen molar-refractivity contribution in [1.82, 2.24) is 0 Å². The van der Waals surface area contributed by atoms with E-state index in [1.54, 1.807) is 30.3 Å². The molecule has 0 heterocycles. The van der Waals surface area contributed by atoms with Crippen LogP contribution in [0.2, 0.25) is 5.02 Å². The van der Waals surface area contributed by atoms with Gasteiger partial charge in [-0.15, -0.1) is 0 Å². The quantitative estimate of drug-likeness (QED) is 0.902. The minimum Gasteiger partial charge on any atom is -0.457 e. The highest BCUT2D eigenvalue weighted by molar-refractivity contribution is 6.30. The summed E-state index contributed by atoms with van der Waals surface area (Å²) in [6.07, 6.45) is 0. The Labute approximate surface area is 104 Å². The molecule has 88 valence electrons. The van der Waals surface area contributed by atoms with Crippen LogP contribution in [0.4, 0.5) is 4.39 Å². The molecule has 0 aliphatic rings. The van der Waals surface area contributed by atoms with Crippen LogP contribution in [0.25, 0.3) is 0 Å². The molecule has 0 saturated heterocycles. The second-order valence-corrected chi connectivity index (χ2v) is 3.95. The molecule has 0 fully saturated rings. The Morgan fingerprint density at radius 1 is 1.12 bits per heavy atom. The minimum absolute atomic E-state index is 0.299. The lowest BCUT2D eigenvalue weighted by Crippen LogP contribution is -1.99. The van der Waals surface area contributed by atoms with Crippen molar-refractivity contribution in [2.45, 2.75) is 6.54 Å². The second-order valence-electron chi connectivity index (χ2n) is 3.51. The second kappa shape index (κ2) is 5.17. The molecule has 2 N–H and O–H groups in total. The van der Waals surface area contributed by atoms with Crippen molar-refractivity contribution in [3.63, 3.8) is 0 Å². The number of halogens is 2. The molecule has 0 amide bonds. The van der Waals surface area contributed by atoms with Crippen LogP contribution in [0.15, 0.2) is 42.5 Å². The monoisotopic (exact) mass is 251 g/mol. The number of nitrogens with two attached hydrogens (primary N) is 1. The Kier molecular flexibility index (Phi) is 3.61. The predicted octanol–water partition coefficient (Wildman–Crippen LogP) is 3.73. The van der Waals surface area contributed by atoms with Crippen molar-refractivity contribution in [2.75, 3.05) is 0 Å². The van der Waals surface area contributed by atoms with Gasteiger partial charge in [0.15, 0.2) is 0 Å². The van der Waals surface area contributed by atoms with E-state index < -0.39 is 0 Å². The van der Waals surface area contributed by atoms with Crippen LogP contribution in [-0.2, 0) is 6.54 Å². The summed E-state index contributed by atoms with van der Waals surface area (Å²) in [5.41, 5.74) is 6.41. The SMILES string of the molecule is NCc1cc(Cl)ccc1Oc1ccc(F)cc1. The van der Waals surface area contributed by atoms with Gasteiger partial charge in [0.1, 0.15) is 17.3 Å². The zero-order chi connectivity index (χ0) is 12.3. The molecule has 0 aliphatic carbocycles. The zero-order valence-corrected chi connectivity index (χ0v) is 9.75. The van der Waals surface area contributed by atoms with E-state index in [0.717, 1.165) is 5.56 Å². The lowest BCUT2D eigenvalue weighted by atomic mass is 10.2. The van der Waals surface area contributed by atoms with Gasteiger partial charge in [-0.05, 0) is 42.5 Å². The molecule has 0 aromatic heterocycles. The summed E-state index contributed by atoms with van der Waals surface area (Å²) < 4.78 is 18.3. The first-order chi connectivity index (χ1) is 8.19. The van der Waals surface area contributed by atoms with Crippen LogP contribution < -0.4 is 10.5 Å². The lowest BCUT2D eigenvalue weighted by molar-refractivity contribution is 0.474. The zero-order valence-electron chi connectivity index (χ0n) is 8.99. The molecule has 17 heavy (non-hydrogen) atoms. The van der Waals surface area contributed by atoms with Gasteiger partial charge < -0.3 is 10.5 Å². The van der Waals surface area contributed by atoms with Gasteiger partial charge in [0.25, 0.3) is 0 Å². The first-order valence-electron chi connectivity index (χ1n) is 5.11. The Morgan fingerprint density at radius 2 is 1.82 bits per heavy atom. The number of ether oxygens (including phenoxy) is 1. The van der Waals surface area contributed by atoms with Crippen LogP contribution in [-0.4, -0.2) is 0 Å². The molecule has 2 rings (SSSR count). The van der Waals surface area contributed by atoms with E-state index in [0.29, 0.717) is 23.1 Å². The van der Waals surface area contributed by atoms with Crippen molar-refractivity contribution in [2.24, 2.45) is 5.73 Å². The maximum absolute atomic E-state index is 12.7.